The second-order valence-electron chi connectivity index (χ2n) is 8.42. The molecule has 2 heterocycles. The number of anilines is 1. The first-order valence-electron chi connectivity index (χ1n) is 11.6. The highest BCUT2D eigenvalue weighted by Gasteiger charge is 2.28. The van der Waals surface area contributed by atoms with Crippen LogP contribution in [0, 0.1) is 0 Å². The van der Waals surface area contributed by atoms with Crippen LogP contribution < -0.4 is 9.64 Å². The largest absolute Gasteiger partial charge is 0.487 e. The number of hydrogen-bond donors (Lipinski definition) is 0. The number of carbonyl (C=O) groups excluding carboxylic acids is 2. The van der Waals surface area contributed by atoms with Crippen LogP contribution in [0.3, 0.4) is 0 Å². The molecule has 3 aromatic carbocycles. The molecule has 182 valence electrons. The second kappa shape index (κ2) is 10.00. The molecule has 0 N–H and O–H groups in total. The van der Waals surface area contributed by atoms with Crippen molar-refractivity contribution in [1.29, 1.82) is 0 Å². The van der Waals surface area contributed by atoms with Gasteiger partial charge in [0.1, 0.15) is 18.1 Å². The van der Waals surface area contributed by atoms with Crippen LogP contribution in [0.4, 0.5) is 10.5 Å². The fourth-order valence-corrected chi connectivity index (χ4v) is 4.53. The molecule has 0 saturated heterocycles. The average Bonchev–Trinajstić information content (AvgIpc) is 3.31. The molecule has 0 unspecified atom stereocenters. The third kappa shape index (κ3) is 4.31. The Hall–Kier alpha value is -4.52. The molecule has 7 nitrogen and oxygen atoms in total. The molecule has 0 atom stereocenters. The number of rotatable bonds is 6. The summed E-state index contributed by atoms with van der Waals surface area (Å²) in [4.78, 5) is 27.0. The molecule has 0 spiro atoms. The Bertz CT molecular complexity index is 1440. The van der Waals surface area contributed by atoms with E-state index in [9.17, 15) is 9.59 Å². The van der Waals surface area contributed by atoms with E-state index in [1.165, 1.54) is 14.2 Å². The highest BCUT2D eigenvalue weighted by Crippen LogP contribution is 2.41. The molecule has 1 aromatic heterocycles. The van der Waals surface area contributed by atoms with Crippen molar-refractivity contribution in [2.45, 2.75) is 13.2 Å². The quantitative estimate of drug-likeness (QED) is 0.332. The highest BCUT2D eigenvalue weighted by molar-refractivity contribution is 6.07. The first-order valence-corrected chi connectivity index (χ1v) is 11.6. The van der Waals surface area contributed by atoms with Crippen molar-refractivity contribution in [3.8, 4) is 5.75 Å². The van der Waals surface area contributed by atoms with Crippen LogP contribution >= 0.6 is 0 Å². The van der Waals surface area contributed by atoms with Gasteiger partial charge in [0.15, 0.2) is 0 Å². The molecule has 36 heavy (non-hydrogen) atoms. The van der Waals surface area contributed by atoms with Crippen molar-refractivity contribution in [3.05, 3.63) is 101 Å². The monoisotopic (exact) mass is 482 g/mol. The number of benzene rings is 3. The fraction of sp³-hybridized carbons (Fsp3) is 0.172. The van der Waals surface area contributed by atoms with Crippen molar-refractivity contribution in [2.24, 2.45) is 0 Å². The molecular formula is C29H26N2O5. The van der Waals surface area contributed by atoms with Crippen LogP contribution in [0.2, 0.25) is 0 Å². The van der Waals surface area contributed by atoms with Gasteiger partial charge in [-0.05, 0) is 17.2 Å². The van der Waals surface area contributed by atoms with Gasteiger partial charge < -0.3 is 18.8 Å². The SMILES string of the molecule is COC(=O)c1cc2c3c(cc(OCc4ccccc4)c2n1Cc1ccccc1)N(C(=O)OC)CC=C3. The molecule has 5 rings (SSSR count). The maximum Gasteiger partial charge on any atom is 0.414 e. The van der Waals surface area contributed by atoms with E-state index in [4.69, 9.17) is 14.2 Å². The Morgan fingerprint density at radius 1 is 0.889 bits per heavy atom. The van der Waals surface area contributed by atoms with Crippen molar-refractivity contribution in [3.63, 3.8) is 0 Å². The predicted octanol–water partition coefficient (Wildman–Crippen LogP) is 5.65. The molecule has 0 radical (unpaired) electrons. The van der Waals surface area contributed by atoms with Gasteiger partial charge in [-0.1, -0.05) is 72.8 Å². The van der Waals surface area contributed by atoms with E-state index in [-0.39, 0.29) is 0 Å². The van der Waals surface area contributed by atoms with E-state index in [0.717, 1.165) is 27.6 Å². The first kappa shape index (κ1) is 23.2. The summed E-state index contributed by atoms with van der Waals surface area (Å²) in [6, 6.07) is 23.4. The number of methoxy groups -OCH3 is 2. The molecule has 1 amide bonds. The molecule has 1 aliphatic rings. The van der Waals surface area contributed by atoms with Crippen molar-refractivity contribution in [1.82, 2.24) is 4.57 Å². The minimum atomic E-state index is -0.467. The molecule has 1 aliphatic heterocycles. The Morgan fingerprint density at radius 3 is 2.25 bits per heavy atom. The Morgan fingerprint density at radius 2 is 1.58 bits per heavy atom. The number of esters is 1. The third-order valence-corrected chi connectivity index (χ3v) is 6.24. The van der Waals surface area contributed by atoms with Gasteiger partial charge in [-0.2, -0.15) is 0 Å². The maximum absolute atomic E-state index is 12.9. The van der Waals surface area contributed by atoms with Crippen LogP contribution in [0.15, 0.2) is 78.9 Å². The smallest absolute Gasteiger partial charge is 0.414 e. The van der Waals surface area contributed by atoms with Gasteiger partial charge in [0.25, 0.3) is 0 Å². The van der Waals surface area contributed by atoms with E-state index < -0.39 is 12.1 Å². The van der Waals surface area contributed by atoms with E-state index >= 15 is 0 Å². The third-order valence-electron chi connectivity index (χ3n) is 6.24. The maximum atomic E-state index is 12.9. The Kier molecular flexibility index (Phi) is 6.45. The summed E-state index contributed by atoms with van der Waals surface area (Å²) in [7, 11) is 2.73. The number of amides is 1. The highest BCUT2D eigenvalue weighted by atomic mass is 16.5. The summed E-state index contributed by atoms with van der Waals surface area (Å²) in [5.41, 5.74) is 4.66. The zero-order chi connectivity index (χ0) is 25.1. The van der Waals surface area contributed by atoms with E-state index in [2.05, 4.69) is 0 Å². The average molecular weight is 483 g/mol. The second-order valence-corrected chi connectivity index (χ2v) is 8.42. The normalized spacial score (nSPS) is 12.3. The molecule has 7 heteroatoms. The summed E-state index contributed by atoms with van der Waals surface area (Å²) in [5.74, 6) is 0.109. The summed E-state index contributed by atoms with van der Waals surface area (Å²) in [6.45, 7) is 1.14. The Balaban J connectivity index is 1.74. The molecule has 0 fully saturated rings. The van der Waals surface area contributed by atoms with Crippen LogP contribution in [0.5, 0.6) is 5.75 Å². The lowest BCUT2D eigenvalue weighted by Gasteiger charge is -2.26. The lowest BCUT2D eigenvalue weighted by molar-refractivity contribution is 0.0589. The van der Waals surface area contributed by atoms with Gasteiger partial charge in [-0.25, -0.2) is 9.59 Å². The van der Waals surface area contributed by atoms with Gasteiger partial charge in [0.05, 0.1) is 25.4 Å². The predicted molar refractivity (Wildman–Crippen MR) is 138 cm³/mol. The standard InChI is InChI=1S/C29H26N2O5/c1-34-28(32)25-16-23-22-14-9-15-30(29(33)35-2)24(22)17-26(36-19-21-12-7-4-8-13-21)27(23)31(25)18-20-10-5-3-6-11-20/h3-14,16-17H,15,18-19H2,1-2H3. The number of fused-ring (bicyclic) bond motifs is 3. The minimum Gasteiger partial charge on any atom is -0.487 e. The molecule has 0 aliphatic carbocycles. The number of carbonyl (C=O) groups is 2. The van der Waals surface area contributed by atoms with Crippen molar-refractivity contribution < 1.29 is 23.8 Å². The van der Waals surface area contributed by atoms with Gasteiger partial charge in [-0.15, -0.1) is 0 Å². The summed E-state index contributed by atoms with van der Waals surface area (Å²) in [5, 5.41) is 0.789. The molecule has 4 aromatic rings. The number of ether oxygens (including phenoxy) is 3. The van der Waals surface area contributed by atoms with Gasteiger partial charge >= 0.3 is 12.1 Å². The van der Waals surface area contributed by atoms with Crippen molar-refractivity contribution >= 4 is 34.7 Å². The zero-order valence-corrected chi connectivity index (χ0v) is 20.1. The van der Waals surface area contributed by atoms with Crippen LogP contribution in [-0.2, 0) is 22.6 Å². The van der Waals surface area contributed by atoms with Gasteiger partial charge in [0.2, 0.25) is 0 Å². The van der Waals surface area contributed by atoms with Gasteiger partial charge in [0, 0.05) is 30.1 Å². The Labute approximate surface area is 209 Å². The van der Waals surface area contributed by atoms with Crippen LogP contribution in [-0.4, -0.2) is 37.4 Å². The number of nitrogens with zero attached hydrogens (tertiary/aromatic N) is 2. The minimum absolute atomic E-state index is 0.326. The summed E-state index contributed by atoms with van der Waals surface area (Å²) in [6.07, 6.45) is 3.40. The van der Waals surface area contributed by atoms with Gasteiger partial charge in [-0.3, -0.25) is 4.90 Å². The van der Waals surface area contributed by atoms with Crippen LogP contribution in [0.1, 0.15) is 27.2 Å². The summed E-state index contributed by atoms with van der Waals surface area (Å²) < 4.78 is 18.4. The molecule has 0 bridgehead atoms. The zero-order valence-electron chi connectivity index (χ0n) is 20.1. The fourth-order valence-electron chi connectivity index (χ4n) is 4.53. The first-order chi connectivity index (χ1) is 17.6. The molecular weight excluding hydrogens is 456 g/mol. The lowest BCUT2D eigenvalue weighted by Crippen LogP contribution is -2.32. The topological polar surface area (TPSA) is 70.0 Å². The van der Waals surface area contributed by atoms with Crippen molar-refractivity contribution in [2.75, 3.05) is 25.7 Å². The van der Waals surface area contributed by atoms with E-state index in [1.54, 1.807) is 4.90 Å². The number of hydrogen-bond acceptors (Lipinski definition) is 5. The van der Waals surface area contributed by atoms with E-state index in [0.29, 0.717) is 36.8 Å². The van der Waals surface area contributed by atoms with E-state index in [1.807, 2.05) is 89.5 Å². The number of aromatic nitrogens is 1. The lowest BCUT2D eigenvalue weighted by atomic mass is 10.0. The molecule has 0 saturated carbocycles. The van der Waals surface area contributed by atoms with Crippen LogP contribution in [0.25, 0.3) is 17.0 Å². The summed E-state index contributed by atoms with van der Waals surface area (Å²) >= 11 is 0.